The molecule has 74 valence electrons. The molecular formula is C12H16N2. The predicted molar refractivity (Wildman–Crippen MR) is 60.4 cm³/mol. The van der Waals surface area contributed by atoms with Gasteiger partial charge in [-0.1, -0.05) is 37.3 Å². The lowest BCUT2D eigenvalue weighted by molar-refractivity contribution is 0.528. The summed E-state index contributed by atoms with van der Waals surface area (Å²) in [4.78, 5) is 4.47. The molecule has 0 aromatic rings. The minimum absolute atomic E-state index is 0.163. The summed E-state index contributed by atoms with van der Waals surface area (Å²) < 4.78 is 0. The Kier molecular flexibility index (Phi) is 2.64. The lowest BCUT2D eigenvalue weighted by atomic mass is 10.0. The molecule has 0 bridgehead atoms. The molecule has 2 rings (SSSR count). The zero-order valence-corrected chi connectivity index (χ0v) is 8.53. The van der Waals surface area contributed by atoms with Gasteiger partial charge in [-0.05, 0) is 12.0 Å². The summed E-state index contributed by atoms with van der Waals surface area (Å²) in [6.45, 7) is 7.10. The van der Waals surface area contributed by atoms with Gasteiger partial charge in [0.05, 0.1) is 0 Å². The third kappa shape index (κ3) is 2.02. The maximum absolute atomic E-state index is 4.47. The van der Waals surface area contributed by atoms with Crippen LogP contribution in [-0.4, -0.2) is 18.9 Å². The molecule has 1 aliphatic carbocycles. The molecule has 1 N–H and O–H groups in total. The molecule has 0 radical (unpaired) electrons. The van der Waals surface area contributed by atoms with Crippen molar-refractivity contribution < 1.29 is 0 Å². The number of hydrogen-bond acceptors (Lipinski definition) is 2. The average molecular weight is 188 g/mol. The van der Waals surface area contributed by atoms with Gasteiger partial charge in [0.25, 0.3) is 0 Å². The van der Waals surface area contributed by atoms with Crippen LogP contribution in [-0.2, 0) is 0 Å². The van der Waals surface area contributed by atoms with Gasteiger partial charge in [0.15, 0.2) is 0 Å². The lowest BCUT2D eigenvalue weighted by Gasteiger charge is -2.23. The number of nitrogens with one attached hydrogen (secondary N) is 1. The molecule has 1 heterocycles. The highest BCUT2D eigenvalue weighted by Crippen LogP contribution is 2.18. The smallest absolute Gasteiger partial charge is 0.124 e. The number of allylic oxidation sites excluding steroid dienone is 3. The Labute approximate surface area is 85.1 Å². The Morgan fingerprint density at radius 3 is 2.93 bits per heavy atom. The van der Waals surface area contributed by atoms with Crippen molar-refractivity contribution in [2.24, 2.45) is 10.9 Å². The average Bonchev–Trinajstić information content (AvgIpc) is 2.21. The molecule has 0 saturated carbocycles. The maximum Gasteiger partial charge on any atom is 0.124 e. The van der Waals surface area contributed by atoms with Crippen molar-refractivity contribution in [3.8, 4) is 0 Å². The Bertz CT molecular complexity index is 323. The highest BCUT2D eigenvalue weighted by molar-refractivity contribution is 5.62. The number of aliphatic imine (C=N–C) groups is 1. The fraction of sp³-hybridized carbons (Fsp3) is 0.417. The van der Waals surface area contributed by atoms with Crippen LogP contribution in [0.3, 0.4) is 0 Å². The number of nitrogens with zero attached hydrogens (tertiary/aromatic N) is 1. The van der Waals surface area contributed by atoms with E-state index in [2.05, 4.69) is 42.0 Å². The summed E-state index contributed by atoms with van der Waals surface area (Å²) in [6, 6.07) is 0. The van der Waals surface area contributed by atoms with Crippen molar-refractivity contribution in [3.05, 3.63) is 36.0 Å². The van der Waals surface area contributed by atoms with Gasteiger partial charge in [0, 0.05) is 18.7 Å². The Morgan fingerprint density at radius 2 is 2.36 bits per heavy atom. The third-order valence-corrected chi connectivity index (χ3v) is 2.55. The van der Waals surface area contributed by atoms with Crippen molar-refractivity contribution in [3.63, 3.8) is 0 Å². The van der Waals surface area contributed by atoms with Crippen LogP contribution < -0.4 is 5.32 Å². The zero-order valence-electron chi connectivity index (χ0n) is 8.53. The highest BCUT2D eigenvalue weighted by atomic mass is 15.1. The second-order valence-corrected chi connectivity index (χ2v) is 3.99. The normalized spacial score (nSPS) is 31.8. The van der Waals surface area contributed by atoms with Crippen molar-refractivity contribution in [1.29, 1.82) is 0 Å². The fourth-order valence-corrected chi connectivity index (χ4v) is 1.64. The number of hydrogen-bond donors (Lipinski definition) is 1. The molecule has 0 aromatic heterocycles. The van der Waals surface area contributed by atoms with E-state index in [4.69, 9.17) is 0 Å². The largest absolute Gasteiger partial charge is 0.291 e. The van der Waals surface area contributed by atoms with Crippen LogP contribution in [0.4, 0.5) is 0 Å². The van der Waals surface area contributed by atoms with Gasteiger partial charge in [-0.15, -0.1) is 0 Å². The second kappa shape index (κ2) is 3.93. The van der Waals surface area contributed by atoms with E-state index >= 15 is 0 Å². The van der Waals surface area contributed by atoms with Crippen molar-refractivity contribution >= 4 is 6.21 Å². The molecule has 2 heteroatoms. The van der Waals surface area contributed by atoms with Gasteiger partial charge >= 0.3 is 0 Å². The van der Waals surface area contributed by atoms with Gasteiger partial charge in [0.1, 0.15) is 6.17 Å². The first kappa shape index (κ1) is 9.41. The Hall–Kier alpha value is -1.15. The van der Waals surface area contributed by atoms with E-state index in [-0.39, 0.29) is 6.17 Å². The van der Waals surface area contributed by atoms with Crippen LogP contribution in [0.2, 0.25) is 0 Å². The quantitative estimate of drug-likeness (QED) is 0.669. The SMILES string of the molecule is C=C1C=CC(C2N=CC(C)CN2)=CC1. The van der Waals surface area contributed by atoms with Crippen LogP contribution in [0.5, 0.6) is 0 Å². The molecular weight excluding hydrogens is 172 g/mol. The van der Waals surface area contributed by atoms with E-state index < -0.39 is 0 Å². The minimum atomic E-state index is 0.163. The Morgan fingerprint density at radius 1 is 1.50 bits per heavy atom. The fourth-order valence-electron chi connectivity index (χ4n) is 1.64. The minimum Gasteiger partial charge on any atom is -0.291 e. The van der Waals surface area contributed by atoms with Gasteiger partial charge in [-0.3, -0.25) is 10.3 Å². The first-order chi connectivity index (χ1) is 6.75. The summed E-state index contributed by atoms with van der Waals surface area (Å²) in [5.41, 5.74) is 2.43. The maximum atomic E-state index is 4.47. The summed E-state index contributed by atoms with van der Waals surface area (Å²) in [5, 5.41) is 3.41. The van der Waals surface area contributed by atoms with Crippen molar-refractivity contribution in [2.45, 2.75) is 19.5 Å². The molecule has 2 atom stereocenters. The first-order valence-electron chi connectivity index (χ1n) is 5.08. The Balaban J connectivity index is 2.07. The number of rotatable bonds is 1. The summed E-state index contributed by atoms with van der Waals surface area (Å²) in [5.74, 6) is 0.550. The van der Waals surface area contributed by atoms with Gasteiger partial charge < -0.3 is 0 Å². The molecule has 2 nitrogen and oxygen atoms in total. The molecule has 2 aliphatic rings. The lowest BCUT2D eigenvalue weighted by Crippen LogP contribution is -2.37. The van der Waals surface area contributed by atoms with Crippen LogP contribution in [0, 0.1) is 5.92 Å². The zero-order chi connectivity index (χ0) is 9.97. The third-order valence-electron chi connectivity index (χ3n) is 2.55. The second-order valence-electron chi connectivity index (χ2n) is 3.99. The summed E-state index contributed by atoms with van der Waals surface area (Å²) in [7, 11) is 0. The van der Waals surface area contributed by atoms with E-state index in [0.29, 0.717) is 5.92 Å². The van der Waals surface area contributed by atoms with E-state index in [1.54, 1.807) is 0 Å². The van der Waals surface area contributed by atoms with E-state index in [0.717, 1.165) is 13.0 Å². The molecule has 2 unspecified atom stereocenters. The first-order valence-corrected chi connectivity index (χ1v) is 5.08. The molecule has 0 aromatic carbocycles. The topological polar surface area (TPSA) is 24.4 Å². The van der Waals surface area contributed by atoms with Crippen LogP contribution in [0.15, 0.2) is 40.9 Å². The van der Waals surface area contributed by atoms with Crippen LogP contribution in [0.25, 0.3) is 0 Å². The molecule has 0 fully saturated rings. The summed E-state index contributed by atoms with van der Waals surface area (Å²) >= 11 is 0. The van der Waals surface area contributed by atoms with Crippen molar-refractivity contribution in [2.75, 3.05) is 6.54 Å². The molecule has 1 aliphatic heterocycles. The molecule has 0 saturated heterocycles. The van der Waals surface area contributed by atoms with Gasteiger partial charge in [-0.2, -0.15) is 0 Å². The molecule has 0 amide bonds. The van der Waals surface area contributed by atoms with E-state index in [1.807, 2.05) is 6.21 Å². The molecule has 14 heavy (non-hydrogen) atoms. The molecule has 0 spiro atoms. The van der Waals surface area contributed by atoms with E-state index in [1.165, 1.54) is 11.1 Å². The van der Waals surface area contributed by atoms with E-state index in [9.17, 15) is 0 Å². The monoisotopic (exact) mass is 188 g/mol. The van der Waals surface area contributed by atoms with Gasteiger partial charge in [-0.25, -0.2) is 0 Å². The highest BCUT2D eigenvalue weighted by Gasteiger charge is 2.16. The standard InChI is InChI=1S/C12H16N2/c1-9-3-5-11(6-4-9)12-13-7-10(2)8-14-12/h3,5-7,10,12,14H,1,4,8H2,2H3. The predicted octanol–water partition coefficient (Wildman–Crippen LogP) is 2.07. The van der Waals surface area contributed by atoms with Crippen LogP contribution >= 0.6 is 0 Å². The van der Waals surface area contributed by atoms with Crippen molar-refractivity contribution in [1.82, 2.24) is 5.32 Å². The van der Waals surface area contributed by atoms with Crippen LogP contribution in [0.1, 0.15) is 13.3 Å². The van der Waals surface area contributed by atoms with Gasteiger partial charge in [0.2, 0.25) is 0 Å². The summed E-state index contributed by atoms with van der Waals surface area (Å²) in [6.07, 6.45) is 9.54.